The van der Waals surface area contributed by atoms with Gasteiger partial charge in [0, 0.05) is 21.5 Å². The smallest absolute Gasteiger partial charge is 0.419 e. The van der Waals surface area contributed by atoms with Gasteiger partial charge >= 0.3 is 12.2 Å². The zero-order valence-corrected chi connectivity index (χ0v) is 31.5. The van der Waals surface area contributed by atoms with Crippen LogP contribution in [0.4, 0.5) is 19.6 Å². The number of carbonyl (C=O) groups is 2. The Bertz CT molecular complexity index is 3310. The van der Waals surface area contributed by atoms with Crippen molar-refractivity contribution in [2.45, 2.75) is 13.2 Å². The summed E-state index contributed by atoms with van der Waals surface area (Å²) in [6.07, 6.45) is -1.56. The Morgan fingerprint density at radius 2 is 0.810 bits per heavy atom. The predicted molar refractivity (Wildman–Crippen MR) is 223 cm³/mol. The summed E-state index contributed by atoms with van der Waals surface area (Å²) in [6, 6.07) is 34.3. The van der Waals surface area contributed by atoms with E-state index in [1.165, 1.54) is 9.13 Å². The van der Waals surface area contributed by atoms with Crippen molar-refractivity contribution in [3.05, 3.63) is 184 Å². The third-order valence-electron chi connectivity index (χ3n) is 9.89. The molecular weight excluding hydrogens is 777 g/mol. The molecule has 0 aliphatic carbocycles. The van der Waals surface area contributed by atoms with Crippen LogP contribution >= 0.6 is 22.7 Å². The highest BCUT2D eigenvalue weighted by molar-refractivity contribution is 7.25. The second-order valence-corrected chi connectivity index (χ2v) is 15.4. The van der Waals surface area contributed by atoms with Crippen LogP contribution < -0.4 is 32.4 Å². The van der Waals surface area contributed by atoms with Gasteiger partial charge in [0.2, 0.25) is 21.7 Å². The summed E-state index contributed by atoms with van der Waals surface area (Å²) in [5, 5.41) is 0.956. The van der Waals surface area contributed by atoms with Crippen LogP contribution in [-0.2, 0) is 22.7 Å². The molecule has 0 spiro atoms. The molecule has 6 aromatic carbocycles. The molecule has 12 nitrogen and oxygen atoms in total. The predicted octanol–water partition coefficient (Wildman–Crippen LogP) is 7.21. The minimum atomic E-state index is -0.782. The topological polar surface area (TPSA) is 155 Å². The van der Waals surface area contributed by atoms with Crippen LogP contribution in [0.1, 0.15) is 11.1 Å². The number of carbonyl (C=O) groups excluding carboxylic acids is 2. The van der Waals surface area contributed by atoms with Gasteiger partial charge < -0.3 is 9.47 Å². The monoisotopic (exact) mass is 800 g/mol. The first-order valence-corrected chi connectivity index (χ1v) is 19.5. The van der Waals surface area contributed by atoms with Gasteiger partial charge in [0.05, 0.1) is 31.5 Å². The molecule has 0 saturated carbocycles. The summed E-state index contributed by atoms with van der Waals surface area (Å²) in [7, 11) is 0. The number of hydrogen-bond donors (Lipinski definition) is 0. The van der Waals surface area contributed by atoms with Crippen LogP contribution in [0.15, 0.2) is 150 Å². The van der Waals surface area contributed by atoms with Crippen molar-refractivity contribution < 1.29 is 19.1 Å². The quantitative estimate of drug-likeness (QED) is 0.171. The largest absolute Gasteiger partial charge is 0.444 e. The maximum Gasteiger partial charge on any atom is 0.419 e. The van der Waals surface area contributed by atoms with Gasteiger partial charge in [0.25, 0.3) is 0 Å². The van der Waals surface area contributed by atoms with E-state index >= 15 is 0 Å². The van der Waals surface area contributed by atoms with E-state index in [-0.39, 0.29) is 66.5 Å². The molecule has 0 N–H and O–H groups in total. The summed E-state index contributed by atoms with van der Waals surface area (Å²) in [4.78, 5) is 90.8. The minimum absolute atomic E-state index is 0.0709. The molecule has 0 atom stereocenters. The third-order valence-corrected chi connectivity index (χ3v) is 11.9. The molecule has 0 amide bonds. The Morgan fingerprint density at radius 1 is 0.483 bits per heavy atom. The molecule has 4 heterocycles. The fourth-order valence-corrected chi connectivity index (χ4v) is 9.35. The highest BCUT2D eigenvalue weighted by Gasteiger charge is 2.31. The Kier molecular flexibility index (Phi) is 8.24. The molecule has 280 valence electrons. The van der Waals surface area contributed by atoms with Crippen molar-refractivity contribution in [1.82, 2.24) is 9.13 Å². The highest BCUT2D eigenvalue weighted by Crippen LogP contribution is 2.47. The molecule has 4 aromatic heterocycles. The molecule has 0 aliphatic heterocycles. The number of ether oxygens (including phenoxy) is 2. The van der Waals surface area contributed by atoms with Gasteiger partial charge in [-0.2, -0.15) is 0 Å². The molecule has 0 radical (unpaired) electrons. The first kappa shape index (κ1) is 35.0. The Labute approximate surface area is 332 Å². The molecule has 10 rings (SSSR count). The van der Waals surface area contributed by atoms with Crippen LogP contribution in [0, 0.1) is 0 Å². The van der Waals surface area contributed by atoms with E-state index in [0.29, 0.717) is 20.4 Å². The normalized spacial score (nSPS) is 11.7. The van der Waals surface area contributed by atoms with Gasteiger partial charge in [-0.3, -0.25) is 19.2 Å². The summed E-state index contributed by atoms with van der Waals surface area (Å²) < 4.78 is 15.2. The number of nitrogens with zero attached hydrogens (tertiary/aromatic N) is 4. The van der Waals surface area contributed by atoms with Crippen molar-refractivity contribution >= 4 is 97.9 Å². The van der Waals surface area contributed by atoms with Gasteiger partial charge in [-0.15, -0.1) is 22.7 Å². The van der Waals surface area contributed by atoms with Gasteiger partial charge in [0.1, 0.15) is 23.2 Å². The third kappa shape index (κ3) is 5.56. The molecule has 0 bridgehead atoms. The highest BCUT2D eigenvalue weighted by atomic mass is 32.1. The summed E-state index contributed by atoms with van der Waals surface area (Å²) in [6.45, 7) is -0.142. The number of fused-ring (bicyclic) bond motifs is 7. The lowest BCUT2D eigenvalue weighted by atomic mass is 10.2. The summed E-state index contributed by atoms with van der Waals surface area (Å²) in [5.74, 6) is 0. The molecule has 10 aromatic rings. The number of benzene rings is 4. The molecule has 0 unspecified atom stereocenters. The van der Waals surface area contributed by atoms with Gasteiger partial charge in [-0.05, 0) is 23.3 Å². The van der Waals surface area contributed by atoms with E-state index in [9.17, 15) is 28.8 Å². The number of aromatic nitrogens is 2. The Hall–Kier alpha value is -7.42. The fourth-order valence-electron chi connectivity index (χ4n) is 7.24. The van der Waals surface area contributed by atoms with E-state index in [4.69, 9.17) is 9.47 Å². The zero-order valence-electron chi connectivity index (χ0n) is 29.8. The second-order valence-electron chi connectivity index (χ2n) is 13.4. The number of rotatable bonds is 6. The Balaban J connectivity index is 1.22. The first-order valence-electron chi connectivity index (χ1n) is 17.9. The van der Waals surface area contributed by atoms with Crippen molar-refractivity contribution in [2.75, 3.05) is 0 Å². The van der Waals surface area contributed by atoms with Crippen molar-refractivity contribution in [1.29, 1.82) is 0 Å². The SMILES string of the molecule is O=C(OCc1ccccc1)n1c2cc(N=c3c(=O)c4ccccc4c3=O)sc2c2c1c1sc(N=c3c(=O)c4ccccc4c3=O)cc1n2C(=O)OCc1ccccc1. The fraction of sp³-hybridized carbons (Fsp3) is 0.0455. The van der Waals surface area contributed by atoms with Crippen LogP contribution in [0.5, 0.6) is 0 Å². The molecule has 0 saturated heterocycles. The lowest BCUT2D eigenvalue weighted by Gasteiger charge is -2.07. The average Bonchev–Trinajstić information content (AvgIpc) is 4.07. The summed E-state index contributed by atoms with van der Waals surface area (Å²) in [5.41, 5.74) is 0.580. The molecular formula is C44H24N4O8S2. The van der Waals surface area contributed by atoms with E-state index in [1.54, 1.807) is 60.7 Å². The van der Waals surface area contributed by atoms with Crippen molar-refractivity contribution in [3.63, 3.8) is 0 Å². The first-order chi connectivity index (χ1) is 28.3. The van der Waals surface area contributed by atoms with E-state index in [0.717, 1.165) is 33.8 Å². The van der Waals surface area contributed by atoms with Crippen LogP contribution in [0.2, 0.25) is 0 Å². The van der Waals surface area contributed by atoms with E-state index < -0.39 is 33.9 Å². The Morgan fingerprint density at radius 3 is 1.16 bits per heavy atom. The van der Waals surface area contributed by atoms with Crippen molar-refractivity contribution in [3.8, 4) is 0 Å². The van der Waals surface area contributed by atoms with Gasteiger partial charge in [-0.25, -0.2) is 28.7 Å². The van der Waals surface area contributed by atoms with E-state index in [2.05, 4.69) is 9.98 Å². The lowest BCUT2D eigenvalue weighted by molar-refractivity contribution is 0.142. The lowest BCUT2D eigenvalue weighted by Crippen LogP contribution is -2.31. The zero-order chi connectivity index (χ0) is 39.7. The number of hydrogen-bond acceptors (Lipinski definition) is 12. The second kappa shape index (κ2) is 13.7. The van der Waals surface area contributed by atoms with Gasteiger partial charge in [0.15, 0.2) is 10.7 Å². The molecule has 0 aliphatic rings. The molecule has 14 heteroatoms. The van der Waals surface area contributed by atoms with E-state index in [1.807, 2.05) is 60.7 Å². The number of thiophene rings is 2. The maximum absolute atomic E-state index is 14.3. The maximum atomic E-state index is 14.3. The average molecular weight is 801 g/mol. The van der Waals surface area contributed by atoms with Crippen LogP contribution in [0.3, 0.4) is 0 Å². The summed E-state index contributed by atoms with van der Waals surface area (Å²) >= 11 is 2.15. The molecule has 0 fully saturated rings. The standard InChI is InChI=1S/C44H24N4O8S2/c49-37-25-15-7-8-16-26(25)38(50)33(37)45-31-19-29-41(57-31)36-35(47(29)43(53)55-21-23-11-3-1-4-12-23)42-30(48(36)44(54)56-22-24-13-5-2-6-14-24)20-32(58-42)46-34-39(51)27-17-9-10-18-28(27)40(34)52/h1-20H,21-22H2. The molecule has 58 heavy (non-hydrogen) atoms. The van der Waals surface area contributed by atoms with Crippen molar-refractivity contribution in [2.24, 2.45) is 9.98 Å². The van der Waals surface area contributed by atoms with Gasteiger partial charge in [-0.1, -0.05) is 109 Å². The minimum Gasteiger partial charge on any atom is -0.444 e. The van der Waals surface area contributed by atoms with Crippen LogP contribution in [0.25, 0.3) is 53.0 Å². The van der Waals surface area contributed by atoms with Crippen LogP contribution in [-0.4, -0.2) is 21.3 Å².